The number of nitrogens with one attached hydrogen (secondary N) is 1. The lowest BCUT2D eigenvalue weighted by Crippen LogP contribution is -2.31. The smallest absolute Gasteiger partial charge is 0.0666 e. The molecule has 1 aliphatic heterocycles. The summed E-state index contributed by atoms with van der Waals surface area (Å²) in [6, 6.07) is 0.700. The Kier molecular flexibility index (Phi) is 7.49. The molecule has 1 saturated heterocycles. The van der Waals surface area contributed by atoms with Crippen LogP contribution in [-0.2, 0) is 4.74 Å². The maximum atomic E-state index is 5.61. The zero-order chi connectivity index (χ0) is 10.9. The average molecular weight is 231 g/mol. The van der Waals surface area contributed by atoms with Crippen LogP contribution in [0.4, 0.5) is 0 Å². The maximum absolute atomic E-state index is 5.61. The zero-order valence-electron chi connectivity index (χ0n) is 10.1. The van der Waals surface area contributed by atoms with Crippen LogP contribution in [0.1, 0.15) is 39.5 Å². The molecule has 0 bridgehead atoms. The van der Waals surface area contributed by atoms with E-state index in [2.05, 4.69) is 30.9 Å². The first kappa shape index (κ1) is 13.3. The Morgan fingerprint density at radius 3 is 2.93 bits per heavy atom. The molecule has 3 heteroatoms. The van der Waals surface area contributed by atoms with Crippen molar-refractivity contribution in [1.82, 2.24) is 5.32 Å². The molecule has 0 spiro atoms. The van der Waals surface area contributed by atoms with E-state index in [0.29, 0.717) is 12.1 Å². The van der Waals surface area contributed by atoms with Gasteiger partial charge in [0.1, 0.15) is 0 Å². The summed E-state index contributed by atoms with van der Waals surface area (Å²) in [7, 11) is 0. The molecule has 0 radical (unpaired) electrons. The van der Waals surface area contributed by atoms with Gasteiger partial charge in [0.25, 0.3) is 0 Å². The van der Waals surface area contributed by atoms with E-state index in [9.17, 15) is 0 Å². The second-order valence-electron chi connectivity index (χ2n) is 4.22. The molecule has 0 aromatic heterocycles. The van der Waals surface area contributed by atoms with E-state index in [1.165, 1.54) is 37.2 Å². The largest absolute Gasteiger partial charge is 0.377 e. The highest BCUT2D eigenvalue weighted by atomic mass is 32.2. The van der Waals surface area contributed by atoms with Gasteiger partial charge in [0.15, 0.2) is 0 Å². The highest BCUT2D eigenvalue weighted by Crippen LogP contribution is 2.18. The second-order valence-corrected chi connectivity index (χ2v) is 5.29. The second kappa shape index (κ2) is 8.43. The molecule has 1 fully saturated rings. The van der Waals surface area contributed by atoms with Crippen LogP contribution in [0.5, 0.6) is 0 Å². The molecule has 0 saturated carbocycles. The van der Waals surface area contributed by atoms with Gasteiger partial charge in [-0.25, -0.2) is 0 Å². The van der Waals surface area contributed by atoms with E-state index in [4.69, 9.17) is 4.74 Å². The first-order valence-electron chi connectivity index (χ1n) is 6.29. The van der Waals surface area contributed by atoms with Crippen molar-refractivity contribution in [1.29, 1.82) is 0 Å². The van der Waals surface area contributed by atoms with Gasteiger partial charge in [-0.05, 0) is 25.8 Å². The van der Waals surface area contributed by atoms with Gasteiger partial charge in [-0.1, -0.05) is 20.3 Å². The summed E-state index contributed by atoms with van der Waals surface area (Å²) >= 11 is 2.05. The topological polar surface area (TPSA) is 21.3 Å². The fourth-order valence-corrected chi connectivity index (χ4v) is 3.23. The lowest BCUT2D eigenvalue weighted by Gasteiger charge is -2.17. The molecule has 2 unspecified atom stereocenters. The van der Waals surface area contributed by atoms with Crippen LogP contribution in [0.2, 0.25) is 0 Å². The lowest BCUT2D eigenvalue weighted by atomic mass is 10.2. The van der Waals surface area contributed by atoms with Gasteiger partial charge < -0.3 is 10.1 Å². The van der Waals surface area contributed by atoms with E-state index in [-0.39, 0.29) is 0 Å². The monoisotopic (exact) mass is 231 g/mol. The van der Waals surface area contributed by atoms with Crippen molar-refractivity contribution in [2.24, 2.45) is 0 Å². The normalized spacial score (nSPS) is 23.2. The van der Waals surface area contributed by atoms with Gasteiger partial charge in [0, 0.05) is 24.2 Å². The van der Waals surface area contributed by atoms with Gasteiger partial charge in [-0.15, -0.1) is 0 Å². The van der Waals surface area contributed by atoms with Crippen molar-refractivity contribution in [3.05, 3.63) is 0 Å². The molecule has 1 aliphatic rings. The van der Waals surface area contributed by atoms with Gasteiger partial charge in [0.2, 0.25) is 0 Å². The van der Waals surface area contributed by atoms with Gasteiger partial charge in [0.05, 0.1) is 6.10 Å². The van der Waals surface area contributed by atoms with Crippen molar-refractivity contribution in [2.75, 3.05) is 24.7 Å². The predicted molar refractivity (Wildman–Crippen MR) is 68.7 cm³/mol. The molecule has 0 aromatic rings. The standard InChI is InChI=1S/C12H25NOS/c1-3-6-11(13-4-2)9-15-10-12-7-5-8-14-12/h11-13H,3-10H2,1-2H3. The fourth-order valence-electron chi connectivity index (χ4n) is 2.00. The van der Waals surface area contributed by atoms with Crippen LogP contribution >= 0.6 is 11.8 Å². The Balaban J connectivity index is 2.04. The Bertz CT molecular complexity index is 143. The summed E-state index contributed by atoms with van der Waals surface area (Å²) < 4.78 is 5.61. The van der Waals surface area contributed by atoms with Crippen molar-refractivity contribution >= 4 is 11.8 Å². The fraction of sp³-hybridized carbons (Fsp3) is 1.00. The molecule has 2 nitrogen and oxygen atoms in total. The first-order chi connectivity index (χ1) is 7.36. The SMILES string of the molecule is CCCC(CSCC1CCCO1)NCC. The molecule has 15 heavy (non-hydrogen) atoms. The van der Waals surface area contributed by atoms with Crippen molar-refractivity contribution in [3.8, 4) is 0 Å². The van der Waals surface area contributed by atoms with Gasteiger partial charge in [-0.2, -0.15) is 11.8 Å². The Hall–Kier alpha value is 0.270. The Labute approximate surface area is 98.5 Å². The lowest BCUT2D eigenvalue weighted by molar-refractivity contribution is 0.129. The van der Waals surface area contributed by atoms with E-state index < -0.39 is 0 Å². The van der Waals surface area contributed by atoms with Crippen LogP contribution in [0.25, 0.3) is 0 Å². The molecule has 1 N–H and O–H groups in total. The number of hydrogen-bond acceptors (Lipinski definition) is 3. The quantitative estimate of drug-likeness (QED) is 0.694. The number of thioether (sulfide) groups is 1. The van der Waals surface area contributed by atoms with Crippen LogP contribution in [0, 0.1) is 0 Å². The predicted octanol–water partition coefficient (Wildman–Crippen LogP) is 2.68. The Morgan fingerprint density at radius 2 is 2.33 bits per heavy atom. The van der Waals surface area contributed by atoms with Gasteiger partial charge in [-0.3, -0.25) is 0 Å². The van der Waals surface area contributed by atoms with Crippen molar-refractivity contribution < 1.29 is 4.74 Å². The van der Waals surface area contributed by atoms with Crippen molar-refractivity contribution in [2.45, 2.75) is 51.7 Å². The van der Waals surface area contributed by atoms with E-state index in [0.717, 1.165) is 13.2 Å². The summed E-state index contributed by atoms with van der Waals surface area (Å²) in [4.78, 5) is 0. The number of hydrogen-bond donors (Lipinski definition) is 1. The minimum Gasteiger partial charge on any atom is -0.377 e. The average Bonchev–Trinajstić information content (AvgIpc) is 2.71. The van der Waals surface area contributed by atoms with Crippen LogP contribution in [-0.4, -0.2) is 36.8 Å². The summed E-state index contributed by atoms with van der Waals surface area (Å²) in [5.74, 6) is 2.42. The molecule has 0 aromatic carbocycles. The third-order valence-electron chi connectivity index (χ3n) is 2.78. The van der Waals surface area contributed by atoms with E-state index >= 15 is 0 Å². The molecule has 0 amide bonds. The molecule has 1 heterocycles. The third kappa shape index (κ3) is 5.79. The van der Waals surface area contributed by atoms with E-state index in [1.54, 1.807) is 0 Å². The molecular weight excluding hydrogens is 206 g/mol. The minimum absolute atomic E-state index is 0.541. The maximum Gasteiger partial charge on any atom is 0.0666 e. The van der Waals surface area contributed by atoms with E-state index in [1.807, 2.05) is 0 Å². The molecule has 0 aliphatic carbocycles. The first-order valence-corrected chi connectivity index (χ1v) is 7.45. The molecule has 2 atom stereocenters. The molecular formula is C12H25NOS. The minimum atomic E-state index is 0.541. The summed E-state index contributed by atoms with van der Waals surface area (Å²) in [6.45, 7) is 6.52. The van der Waals surface area contributed by atoms with Crippen LogP contribution in [0.3, 0.4) is 0 Å². The third-order valence-corrected chi connectivity index (χ3v) is 4.02. The Morgan fingerprint density at radius 1 is 1.47 bits per heavy atom. The molecule has 1 rings (SSSR count). The summed E-state index contributed by atoms with van der Waals surface area (Å²) in [6.07, 6.45) is 5.65. The van der Waals surface area contributed by atoms with Gasteiger partial charge >= 0.3 is 0 Å². The number of rotatable bonds is 8. The summed E-state index contributed by atoms with van der Waals surface area (Å²) in [5.41, 5.74) is 0. The highest BCUT2D eigenvalue weighted by Gasteiger charge is 2.16. The highest BCUT2D eigenvalue weighted by molar-refractivity contribution is 7.99. The molecule has 90 valence electrons. The van der Waals surface area contributed by atoms with Crippen LogP contribution < -0.4 is 5.32 Å². The number of ether oxygens (including phenoxy) is 1. The van der Waals surface area contributed by atoms with Crippen LogP contribution in [0.15, 0.2) is 0 Å². The zero-order valence-corrected chi connectivity index (χ0v) is 10.9. The summed E-state index contributed by atoms with van der Waals surface area (Å²) in [5, 5.41) is 3.55. The van der Waals surface area contributed by atoms with Crippen molar-refractivity contribution in [3.63, 3.8) is 0 Å².